The molecule has 0 spiro atoms. The number of halogens is 1. The van der Waals surface area contributed by atoms with Gasteiger partial charge in [0.2, 0.25) is 0 Å². The summed E-state index contributed by atoms with van der Waals surface area (Å²) in [6.45, 7) is 3.74. The summed E-state index contributed by atoms with van der Waals surface area (Å²) in [6, 6.07) is 13.7. The van der Waals surface area contributed by atoms with Gasteiger partial charge < -0.3 is 10.1 Å². The topological polar surface area (TPSA) is 38.3 Å². The Morgan fingerprint density at radius 2 is 1.80 bits per heavy atom. The van der Waals surface area contributed by atoms with Gasteiger partial charge in [-0.15, -0.1) is 0 Å². The number of hydrogen-bond donors (Lipinski definition) is 1. The molecule has 0 radical (unpaired) electrons. The number of hydrogen-bond acceptors (Lipinski definition) is 2. The van der Waals surface area contributed by atoms with Crippen LogP contribution in [0.25, 0.3) is 0 Å². The lowest BCUT2D eigenvalue weighted by molar-refractivity contribution is -0.127. The molecule has 0 bridgehead atoms. The van der Waals surface area contributed by atoms with Gasteiger partial charge in [0, 0.05) is 0 Å². The molecule has 4 heteroatoms. The third kappa shape index (κ3) is 4.35. The Morgan fingerprint density at radius 1 is 1.08 bits per heavy atom. The second kappa shape index (κ2) is 7.92. The SMILES string of the molecule is C[C@@H](Oc1ccccc1Cl)C(=O)N[C@H](C)c1ccc2c(c1)CCCC2. The minimum atomic E-state index is -0.611. The van der Waals surface area contributed by atoms with Crippen LogP contribution >= 0.6 is 11.6 Å². The molecule has 0 unspecified atom stereocenters. The summed E-state index contributed by atoms with van der Waals surface area (Å²) in [5.41, 5.74) is 4.01. The molecule has 1 amide bonds. The number of benzene rings is 2. The maximum atomic E-state index is 12.5. The predicted molar refractivity (Wildman–Crippen MR) is 101 cm³/mol. The fourth-order valence-electron chi connectivity index (χ4n) is 3.22. The van der Waals surface area contributed by atoms with Crippen LogP contribution in [0.15, 0.2) is 42.5 Å². The first kappa shape index (κ1) is 17.8. The zero-order chi connectivity index (χ0) is 17.8. The van der Waals surface area contributed by atoms with Crippen LogP contribution in [-0.2, 0) is 17.6 Å². The van der Waals surface area contributed by atoms with Crippen LogP contribution in [0.2, 0.25) is 5.02 Å². The Balaban J connectivity index is 1.63. The number of ether oxygens (including phenoxy) is 1. The van der Waals surface area contributed by atoms with E-state index in [0.29, 0.717) is 10.8 Å². The quantitative estimate of drug-likeness (QED) is 0.829. The van der Waals surface area contributed by atoms with E-state index >= 15 is 0 Å². The predicted octanol–water partition coefficient (Wildman–Crippen LogP) is 4.86. The van der Waals surface area contributed by atoms with E-state index in [2.05, 4.69) is 23.5 Å². The van der Waals surface area contributed by atoms with Gasteiger partial charge in [-0.3, -0.25) is 4.79 Å². The molecule has 132 valence electrons. The van der Waals surface area contributed by atoms with Gasteiger partial charge in [-0.1, -0.05) is 41.9 Å². The fraction of sp³-hybridized carbons (Fsp3) is 0.381. The molecule has 3 rings (SSSR count). The number of carbonyl (C=O) groups is 1. The van der Waals surface area contributed by atoms with Gasteiger partial charge in [-0.25, -0.2) is 0 Å². The Morgan fingerprint density at radius 3 is 2.56 bits per heavy atom. The molecule has 0 aliphatic heterocycles. The van der Waals surface area contributed by atoms with E-state index in [1.165, 1.54) is 30.4 Å². The minimum Gasteiger partial charge on any atom is -0.479 e. The molecular weight excluding hydrogens is 334 g/mol. The van der Waals surface area contributed by atoms with Gasteiger partial charge in [0.1, 0.15) is 5.75 Å². The molecule has 1 aliphatic carbocycles. The molecular formula is C21H24ClNO2. The van der Waals surface area contributed by atoms with Crippen LogP contribution in [0, 0.1) is 0 Å². The number of rotatable bonds is 5. The molecule has 1 N–H and O–H groups in total. The highest BCUT2D eigenvalue weighted by Gasteiger charge is 2.19. The first-order valence-corrected chi connectivity index (χ1v) is 9.25. The van der Waals surface area contributed by atoms with Crippen LogP contribution in [0.3, 0.4) is 0 Å². The largest absolute Gasteiger partial charge is 0.479 e. The maximum absolute atomic E-state index is 12.5. The van der Waals surface area contributed by atoms with Crippen molar-refractivity contribution in [1.82, 2.24) is 5.32 Å². The maximum Gasteiger partial charge on any atom is 0.261 e. The molecule has 0 fully saturated rings. The highest BCUT2D eigenvalue weighted by Crippen LogP contribution is 2.26. The summed E-state index contributed by atoms with van der Waals surface area (Å²) in [7, 11) is 0. The Hall–Kier alpha value is -2.00. The van der Waals surface area contributed by atoms with Gasteiger partial charge in [0.15, 0.2) is 6.10 Å². The third-order valence-electron chi connectivity index (χ3n) is 4.74. The lowest BCUT2D eigenvalue weighted by Crippen LogP contribution is -2.37. The Bertz CT molecular complexity index is 759. The number of para-hydroxylation sites is 1. The zero-order valence-electron chi connectivity index (χ0n) is 14.7. The molecule has 0 saturated carbocycles. The van der Waals surface area contributed by atoms with E-state index in [4.69, 9.17) is 16.3 Å². The summed E-state index contributed by atoms with van der Waals surface area (Å²) < 4.78 is 5.69. The van der Waals surface area contributed by atoms with E-state index in [9.17, 15) is 4.79 Å². The number of fused-ring (bicyclic) bond motifs is 1. The molecule has 0 aromatic heterocycles. The van der Waals surface area contributed by atoms with Crippen molar-refractivity contribution in [3.05, 3.63) is 64.2 Å². The number of nitrogens with one attached hydrogen (secondary N) is 1. The summed E-state index contributed by atoms with van der Waals surface area (Å²) in [6.07, 6.45) is 4.21. The van der Waals surface area contributed by atoms with E-state index in [-0.39, 0.29) is 11.9 Å². The normalized spacial score (nSPS) is 15.8. The molecule has 2 aromatic carbocycles. The van der Waals surface area contributed by atoms with Crippen molar-refractivity contribution in [3.8, 4) is 5.75 Å². The van der Waals surface area contributed by atoms with Gasteiger partial charge in [-0.05, 0) is 68.4 Å². The summed E-state index contributed by atoms with van der Waals surface area (Å²) in [5.74, 6) is 0.374. The Kier molecular flexibility index (Phi) is 5.64. The Labute approximate surface area is 154 Å². The molecule has 2 atom stereocenters. The van der Waals surface area contributed by atoms with E-state index in [1.807, 2.05) is 19.1 Å². The lowest BCUT2D eigenvalue weighted by Gasteiger charge is -2.22. The van der Waals surface area contributed by atoms with E-state index < -0.39 is 6.10 Å². The number of aryl methyl sites for hydroxylation is 2. The summed E-state index contributed by atoms with van der Waals surface area (Å²) >= 11 is 6.09. The second-order valence-corrected chi connectivity index (χ2v) is 7.06. The second-order valence-electron chi connectivity index (χ2n) is 6.66. The van der Waals surface area contributed by atoms with E-state index in [0.717, 1.165) is 12.0 Å². The fourth-order valence-corrected chi connectivity index (χ4v) is 3.40. The number of carbonyl (C=O) groups excluding carboxylic acids is 1. The van der Waals surface area contributed by atoms with Crippen LogP contribution in [-0.4, -0.2) is 12.0 Å². The molecule has 25 heavy (non-hydrogen) atoms. The molecule has 3 nitrogen and oxygen atoms in total. The third-order valence-corrected chi connectivity index (χ3v) is 5.05. The monoisotopic (exact) mass is 357 g/mol. The van der Waals surface area contributed by atoms with Crippen molar-refractivity contribution >= 4 is 17.5 Å². The van der Waals surface area contributed by atoms with Crippen molar-refractivity contribution in [3.63, 3.8) is 0 Å². The lowest BCUT2D eigenvalue weighted by atomic mass is 9.89. The average Bonchev–Trinajstić information content (AvgIpc) is 2.63. The van der Waals surface area contributed by atoms with Crippen molar-refractivity contribution in [2.45, 2.75) is 51.7 Å². The standard InChI is InChI=1S/C21H24ClNO2/c1-14(17-12-11-16-7-3-4-8-18(16)13-17)23-21(24)15(2)25-20-10-6-5-9-19(20)22/h5-6,9-15H,3-4,7-8H2,1-2H3,(H,23,24)/t14-,15-/m1/s1. The summed E-state index contributed by atoms with van der Waals surface area (Å²) in [5, 5.41) is 3.54. The van der Waals surface area contributed by atoms with Crippen molar-refractivity contribution in [1.29, 1.82) is 0 Å². The molecule has 0 saturated heterocycles. The van der Waals surface area contributed by atoms with E-state index in [1.54, 1.807) is 19.1 Å². The minimum absolute atomic E-state index is 0.0583. The summed E-state index contributed by atoms with van der Waals surface area (Å²) in [4.78, 5) is 12.5. The molecule has 2 aromatic rings. The van der Waals surface area contributed by atoms with Gasteiger partial charge >= 0.3 is 0 Å². The molecule has 0 heterocycles. The van der Waals surface area contributed by atoms with Crippen LogP contribution in [0.1, 0.15) is 49.4 Å². The first-order chi connectivity index (χ1) is 12.0. The average molecular weight is 358 g/mol. The van der Waals surface area contributed by atoms with Crippen LogP contribution in [0.5, 0.6) is 5.75 Å². The number of amides is 1. The van der Waals surface area contributed by atoms with Gasteiger partial charge in [0.25, 0.3) is 5.91 Å². The van der Waals surface area contributed by atoms with Crippen LogP contribution in [0.4, 0.5) is 0 Å². The molecule has 1 aliphatic rings. The zero-order valence-corrected chi connectivity index (χ0v) is 15.5. The van der Waals surface area contributed by atoms with Crippen molar-refractivity contribution in [2.24, 2.45) is 0 Å². The highest BCUT2D eigenvalue weighted by molar-refractivity contribution is 6.32. The van der Waals surface area contributed by atoms with Gasteiger partial charge in [-0.2, -0.15) is 0 Å². The van der Waals surface area contributed by atoms with Crippen molar-refractivity contribution < 1.29 is 9.53 Å². The van der Waals surface area contributed by atoms with Gasteiger partial charge in [0.05, 0.1) is 11.1 Å². The smallest absolute Gasteiger partial charge is 0.261 e. The van der Waals surface area contributed by atoms with Crippen LogP contribution < -0.4 is 10.1 Å². The first-order valence-electron chi connectivity index (χ1n) is 8.88. The van der Waals surface area contributed by atoms with Crippen molar-refractivity contribution in [2.75, 3.05) is 0 Å². The highest BCUT2D eigenvalue weighted by atomic mass is 35.5.